The molecule has 1 N–H and O–H groups in total. The highest BCUT2D eigenvalue weighted by molar-refractivity contribution is 9.12. The third-order valence-electron chi connectivity index (χ3n) is 1.34. The lowest BCUT2D eigenvalue weighted by molar-refractivity contribution is -0.111. The van der Waals surface area contributed by atoms with Crippen LogP contribution in [0.15, 0.2) is 22.7 Å². The first-order valence-corrected chi connectivity index (χ1v) is 5.47. The van der Waals surface area contributed by atoms with Crippen molar-refractivity contribution >= 4 is 55.1 Å². The molecule has 0 aliphatic rings. The van der Waals surface area contributed by atoms with Gasteiger partial charge in [0.1, 0.15) is 0 Å². The summed E-state index contributed by atoms with van der Waals surface area (Å²) in [5.74, 6) is 1.87. The number of benzene rings is 1. The maximum atomic E-state index is 11.1. The second kappa shape index (κ2) is 5.40. The van der Waals surface area contributed by atoms with Gasteiger partial charge in [0.2, 0.25) is 0 Å². The standard InChI is InChI=1S/C9H4Br2ClNO/c10-4-3-9(14)13-8-5-6(11)1-2-7(8)12/h1-2,5H,(H,13,14). The first-order valence-electron chi connectivity index (χ1n) is 3.51. The Labute approximate surface area is 103 Å². The molecule has 0 spiro atoms. The highest BCUT2D eigenvalue weighted by Gasteiger charge is 2.03. The van der Waals surface area contributed by atoms with Crippen molar-refractivity contribution in [2.75, 3.05) is 5.32 Å². The van der Waals surface area contributed by atoms with Gasteiger partial charge in [0, 0.05) is 26.3 Å². The Kier molecular flexibility index (Phi) is 4.46. The van der Waals surface area contributed by atoms with E-state index in [1.807, 2.05) is 0 Å². The van der Waals surface area contributed by atoms with Crippen molar-refractivity contribution in [3.8, 4) is 10.8 Å². The zero-order valence-electron chi connectivity index (χ0n) is 6.77. The second-order valence-corrected chi connectivity index (χ2v) is 4.02. The van der Waals surface area contributed by atoms with Crippen LogP contribution in [0.25, 0.3) is 0 Å². The van der Waals surface area contributed by atoms with Crippen LogP contribution < -0.4 is 5.32 Å². The minimum atomic E-state index is -0.415. The molecule has 0 heterocycles. The van der Waals surface area contributed by atoms with Gasteiger partial charge in [0.25, 0.3) is 0 Å². The van der Waals surface area contributed by atoms with Gasteiger partial charge in [-0.2, -0.15) is 0 Å². The monoisotopic (exact) mass is 335 g/mol. The van der Waals surface area contributed by atoms with Crippen LogP contribution in [0.1, 0.15) is 0 Å². The molecule has 0 saturated carbocycles. The average Bonchev–Trinajstić information content (AvgIpc) is 2.12. The van der Waals surface area contributed by atoms with Crippen LogP contribution in [0.4, 0.5) is 5.69 Å². The quantitative estimate of drug-likeness (QED) is 0.782. The summed E-state index contributed by atoms with van der Waals surface area (Å²) < 4.78 is 0.837. The van der Waals surface area contributed by atoms with Crippen LogP contribution in [0, 0.1) is 10.8 Å². The fraction of sp³-hybridized carbons (Fsp3) is 0. The Morgan fingerprint density at radius 3 is 2.86 bits per heavy atom. The molecule has 1 rings (SSSR count). The molecule has 0 fully saturated rings. The van der Waals surface area contributed by atoms with E-state index in [2.05, 4.69) is 47.9 Å². The summed E-state index contributed by atoms with van der Waals surface area (Å²) in [6.07, 6.45) is 0. The van der Waals surface area contributed by atoms with Crippen LogP contribution in [-0.2, 0) is 4.79 Å². The van der Waals surface area contributed by atoms with Crippen LogP contribution in [-0.4, -0.2) is 5.91 Å². The zero-order valence-corrected chi connectivity index (χ0v) is 10.7. The van der Waals surface area contributed by atoms with Gasteiger partial charge in [-0.3, -0.25) is 4.79 Å². The fourth-order valence-corrected chi connectivity index (χ4v) is 1.50. The minimum absolute atomic E-state index is 0.415. The van der Waals surface area contributed by atoms with Crippen LogP contribution in [0.5, 0.6) is 0 Å². The number of rotatable bonds is 1. The third kappa shape index (κ3) is 3.33. The predicted molar refractivity (Wildman–Crippen MR) is 64.5 cm³/mol. The number of carbonyl (C=O) groups excluding carboxylic acids is 1. The Balaban J connectivity index is 2.89. The second-order valence-electron chi connectivity index (χ2n) is 2.30. The third-order valence-corrected chi connectivity index (χ3v) is 2.36. The van der Waals surface area contributed by atoms with Crippen molar-refractivity contribution in [3.63, 3.8) is 0 Å². The lowest BCUT2D eigenvalue weighted by Gasteiger charge is -2.03. The summed E-state index contributed by atoms with van der Waals surface area (Å²) in [6.45, 7) is 0. The van der Waals surface area contributed by atoms with E-state index in [9.17, 15) is 4.79 Å². The molecule has 0 unspecified atom stereocenters. The molecule has 0 radical (unpaired) electrons. The summed E-state index contributed by atoms with van der Waals surface area (Å²) >= 11 is 11.9. The van der Waals surface area contributed by atoms with Gasteiger partial charge in [0.05, 0.1) is 10.7 Å². The number of halogens is 3. The summed E-state index contributed by atoms with van der Waals surface area (Å²) in [5, 5.41) is 3.02. The molecule has 5 heteroatoms. The van der Waals surface area contributed by atoms with Gasteiger partial charge < -0.3 is 5.32 Å². The molecule has 1 amide bonds. The molecule has 0 aromatic heterocycles. The van der Waals surface area contributed by atoms with Crippen molar-refractivity contribution in [2.24, 2.45) is 0 Å². The minimum Gasteiger partial charge on any atom is -0.314 e. The predicted octanol–water partition coefficient (Wildman–Crippen LogP) is 3.40. The molecule has 0 atom stereocenters. The molecule has 72 valence electrons. The largest absolute Gasteiger partial charge is 0.314 e. The van der Waals surface area contributed by atoms with E-state index >= 15 is 0 Å². The van der Waals surface area contributed by atoms with Gasteiger partial charge in [0.15, 0.2) is 0 Å². The first kappa shape index (κ1) is 11.6. The first-order chi connectivity index (χ1) is 6.63. The molecule has 1 aromatic rings. The molecular weight excluding hydrogens is 333 g/mol. The number of hydrogen-bond acceptors (Lipinski definition) is 1. The van der Waals surface area contributed by atoms with Crippen molar-refractivity contribution in [1.29, 1.82) is 0 Å². The Bertz CT molecular complexity index is 423. The fourth-order valence-electron chi connectivity index (χ4n) is 0.790. The topological polar surface area (TPSA) is 29.1 Å². The van der Waals surface area contributed by atoms with Crippen molar-refractivity contribution in [2.45, 2.75) is 0 Å². The van der Waals surface area contributed by atoms with E-state index in [0.717, 1.165) is 4.47 Å². The van der Waals surface area contributed by atoms with Crippen LogP contribution in [0.3, 0.4) is 0 Å². The molecule has 2 nitrogen and oxygen atoms in total. The SMILES string of the molecule is O=C(C#CBr)Nc1cc(Br)ccc1Cl. The van der Waals surface area contributed by atoms with Crippen molar-refractivity contribution in [1.82, 2.24) is 0 Å². The molecular formula is C9H4Br2ClNO. The maximum Gasteiger partial charge on any atom is 0.301 e. The van der Waals surface area contributed by atoms with Gasteiger partial charge in [-0.25, -0.2) is 0 Å². The highest BCUT2D eigenvalue weighted by atomic mass is 79.9. The summed E-state index contributed by atoms with van der Waals surface area (Å²) in [7, 11) is 0. The molecule has 1 aromatic carbocycles. The summed E-state index contributed by atoms with van der Waals surface area (Å²) in [6, 6.07) is 5.17. The maximum absolute atomic E-state index is 11.1. The number of amides is 1. The summed E-state index contributed by atoms with van der Waals surface area (Å²) in [4.78, 5) is 13.4. The molecule has 0 aliphatic heterocycles. The van der Waals surface area contributed by atoms with E-state index in [-0.39, 0.29) is 0 Å². The molecule has 14 heavy (non-hydrogen) atoms. The van der Waals surface area contributed by atoms with E-state index < -0.39 is 5.91 Å². The normalized spacial score (nSPS) is 8.79. The van der Waals surface area contributed by atoms with Gasteiger partial charge in [-0.05, 0) is 23.0 Å². The highest BCUT2D eigenvalue weighted by Crippen LogP contribution is 2.25. The van der Waals surface area contributed by atoms with E-state index in [4.69, 9.17) is 11.6 Å². The van der Waals surface area contributed by atoms with E-state index in [1.54, 1.807) is 18.2 Å². The van der Waals surface area contributed by atoms with E-state index in [1.165, 1.54) is 0 Å². The lowest BCUT2D eigenvalue weighted by atomic mass is 10.3. The van der Waals surface area contributed by atoms with Gasteiger partial charge in [-0.1, -0.05) is 27.5 Å². The van der Waals surface area contributed by atoms with Gasteiger partial charge >= 0.3 is 5.91 Å². The van der Waals surface area contributed by atoms with Crippen LogP contribution >= 0.6 is 43.5 Å². The molecule has 0 aliphatic carbocycles. The molecule has 0 saturated heterocycles. The Morgan fingerprint density at radius 1 is 1.50 bits per heavy atom. The average molecular weight is 337 g/mol. The Morgan fingerprint density at radius 2 is 2.21 bits per heavy atom. The smallest absolute Gasteiger partial charge is 0.301 e. The zero-order chi connectivity index (χ0) is 10.6. The number of carbonyl (C=O) groups is 1. The summed E-state index contributed by atoms with van der Waals surface area (Å²) in [5.41, 5.74) is 0.529. The number of anilines is 1. The van der Waals surface area contributed by atoms with Crippen molar-refractivity contribution < 1.29 is 4.79 Å². The van der Waals surface area contributed by atoms with Crippen LogP contribution in [0.2, 0.25) is 5.02 Å². The Hall–Kier alpha value is -0.500. The van der Waals surface area contributed by atoms with Crippen molar-refractivity contribution in [3.05, 3.63) is 27.7 Å². The molecule has 0 bridgehead atoms. The number of nitrogens with one attached hydrogen (secondary N) is 1. The number of hydrogen-bond donors (Lipinski definition) is 1. The van der Waals surface area contributed by atoms with Gasteiger partial charge in [-0.15, -0.1) is 0 Å². The lowest BCUT2D eigenvalue weighted by Crippen LogP contribution is -2.08. The van der Waals surface area contributed by atoms with E-state index in [0.29, 0.717) is 10.7 Å².